The second-order valence-electron chi connectivity index (χ2n) is 7.71. The summed E-state index contributed by atoms with van der Waals surface area (Å²) in [4.78, 5) is 26.5. The van der Waals surface area contributed by atoms with Crippen LogP contribution in [-0.2, 0) is 9.59 Å². The van der Waals surface area contributed by atoms with Gasteiger partial charge in [0.15, 0.2) is 0 Å². The minimum absolute atomic E-state index is 0.00419. The van der Waals surface area contributed by atoms with Crippen LogP contribution in [0.2, 0.25) is 0 Å². The average molecular weight is 375 g/mol. The largest absolute Gasteiger partial charge is 0.346 e. The van der Waals surface area contributed by atoms with Crippen molar-refractivity contribution in [3.63, 3.8) is 0 Å². The third-order valence-corrected chi connectivity index (χ3v) is 5.26. The molecule has 0 bridgehead atoms. The number of nitrogens with zero attached hydrogens (tertiary/aromatic N) is 1. The van der Waals surface area contributed by atoms with E-state index >= 15 is 0 Å². The first kappa shape index (κ1) is 21.4. The molecule has 0 saturated carbocycles. The summed E-state index contributed by atoms with van der Waals surface area (Å²) in [7, 11) is 1.98. The zero-order valence-corrected chi connectivity index (χ0v) is 17.2. The minimum Gasteiger partial charge on any atom is -0.346 e. The van der Waals surface area contributed by atoms with E-state index in [2.05, 4.69) is 20.9 Å². The summed E-state index contributed by atoms with van der Waals surface area (Å²) in [6.45, 7) is 9.34. The van der Waals surface area contributed by atoms with E-state index in [1.807, 2.05) is 40.0 Å². The summed E-state index contributed by atoms with van der Waals surface area (Å²) >= 11 is 0. The fourth-order valence-electron chi connectivity index (χ4n) is 3.78. The first-order valence-corrected chi connectivity index (χ1v) is 9.90. The molecule has 1 fully saturated rings. The summed E-state index contributed by atoms with van der Waals surface area (Å²) in [6.07, 6.45) is 3.48. The molecule has 1 aliphatic heterocycles. The molecule has 0 atom stereocenters. The lowest BCUT2D eigenvalue weighted by Crippen LogP contribution is -2.43. The average Bonchev–Trinajstić information content (AvgIpc) is 2.62. The van der Waals surface area contributed by atoms with E-state index in [1.54, 1.807) is 0 Å². The van der Waals surface area contributed by atoms with E-state index < -0.39 is 0 Å². The molecule has 6 nitrogen and oxygen atoms in total. The van der Waals surface area contributed by atoms with E-state index in [0.29, 0.717) is 6.54 Å². The molecule has 1 aromatic rings. The Balaban J connectivity index is 1.71. The highest BCUT2D eigenvalue weighted by atomic mass is 16.2. The predicted octanol–water partition coefficient (Wildman–Crippen LogP) is 1.99. The van der Waals surface area contributed by atoms with Crippen molar-refractivity contribution in [2.45, 2.75) is 40.0 Å². The topological polar surface area (TPSA) is 73.5 Å². The fraction of sp³-hybridized carbons (Fsp3) is 0.619. The summed E-state index contributed by atoms with van der Waals surface area (Å²) in [5.74, 6) is 0.476. The smallest absolute Gasteiger partial charge is 0.243 e. The van der Waals surface area contributed by atoms with Gasteiger partial charge in [-0.05, 0) is 83.8 Å². The first-order valence-electron chi connectivity index (χ1n) is 9.90. The summed E-state index contributed by atoms with van der Waals surface area (Å²) in [6, 6.07) is 4.09. The second kappa shape index (κ2) is 10.4. The van der Waals surface area contributed by atoms with Crippen molar-refractivity contribution in [2.24, 2.45) is 5.92 Å². The van der Waals surface area contributed by atoms with Gasteiger partial charge in [0, 0.05) is 5.69 Å². The quantitative estimate of drug-likeness (QED) is 0.651. The molecule has 1 saturated heterocycles. The van der Waals surface area contributed by atoms with Crippen LogP contribution in [0.1, 0.15) is 36.0 Å². The van der Waals surface area contributed by atoms with Gasteiger partial charge in [-0.2, -0.15) is 0 Å². The van der Waals surface area contributed by atoms with Gasteiger partial charge in [-0.25, -0.2) is 0 Å². The van der Waals surface area contributed by atoms with Crippen LogP contribution in [-0.4, -0.2) is 56.5 Å². The molecular formula is C21H34N4O2. The van der Waals surface area contributed by atoms with Crippen LogP contribution in [0.4, 0.5) is 5.69 Å². The zero-order chi connectivity index (χ0) is 19.8. The molecule has 0 aliphatic carbocycles. The van der Waals surface area contributed by atoms with Gasteiger partial charge in [0.2, 0.25) is 11.8 Å². The van der Waals surface area contributed by atoms with Gasteiger partial charge < -0.3 is 16.0 Å². The molecule has 0 unspecified atom stereocenters. The number of rotatable bonds is 8. The Hall–Kier alpha value is -1.92. The lowest BCUT2D eigenvalue weighted by Gasteiger charge is -2.31. The highest BCUT2D eigenvalue weighted by molar-refractivity contribution is 5.96. The number of piperidine rings is 1. The molecule has 1 aromatic carbocycles. The van der Waals surface area contributed by atoms with E-state index in [4.69, 9.17) is 0 Å². The molecule has 1 aliphatic rings. The molecule has 0 radical (unpaired) electrons. The molecule has 6 heteroatoms. The van der Waals surface area contributed by atoms with Gasteiger partial charge in [0.05, 0.1) is 13.1 Å². The van der Waals surface area contributed by atoms with Crippen molar-refractivity contribution in [1.82, 2.24) is 15.5 Å². The number of hydrogen-bond donors (Lipinski definition) is 3. The van der Waals surface area contributed by atoms with Crippen molar-refractivity contribution in [3.8, 4) is 0 Å². The number of carbonyl (C=O) groups is 2. The number of nitrogens with one attached hydrogen (secondary N) is 3. The summed E-state index contributed by atoms with van der Waals surface area (Å²) in [5.41, 5.74) is 4.08. The molecule has 1 heterocycles. The molecule has 27 heavy (non-hydrogen) atoms. The van der Waals surface area contributed by atoms with Crippen molar-refractivity contribution >= 4 is 17.5 Å². The van der Waals surface area contributed by atoms with Crippen LogP contribution in [0.25, 0.3) is 0 Å². The Kier molecular flexibility index (Phi) is 8.25. The second-order valence-corrected chi connectivity index (χ2v) is 7.71. The number of carbonyl (C=O) groups excluding carboxylic acids is 2. The van der Waals surface area contributed by atoms with Gasteiger partial charge in [-0.15, -0.1) is 0 Å². The zero-order valence-electron chi connectivity index (χ0n) is 17.2. The fourth-order valence-corrected chi connectivity index (χ4v) is 3.78. The lowest BCUT2D eigenvalue weighted by molar-refractivity contribution is -0.125. The highest BCUT2D eigenvalue weighted by Crippen LogP contribution is 2.22. The van der Waals surface area contributed by atoms with E-state index in [-0.39, 0.29) is 18.4 Å². The maximum absolute atomic E-state index is 12.2. The Morgan fingerprint density at radius 2 is 1.70 bits per heavy atom. The monoisotopic (exact) mass is 374 g/mol. The van der Waals surface area contributed by atoms with Gasteiger partial charge >= 0.3 is 0 Å². The van der Waals surface area contributed by atoms with Crippen molar-refractivity contribution in [1.29, 1.82) is 0 Å². The number of aryl methyl sites for hydroxylation is 3. The van der Waals surface area contributed by atoms with E-state index in [0.717, 1.165) is 55.2 Å². The van der Waals surface area contributed by atoms with E-state index in [1.165, 1.54) is 12.0 Å². The lowest BCUT2D eigenvalue weighted by atomic mass is 9.93. The van der Waals surface area contributed by atoms with Crippen LogP contribution in [0.15, 0.2) is 12.1 Å². The molecule has 150 valence electrons. The highest BCUT2D eigenvalue weighted by Gasteiger charge is 2.20. The van der Waals surface area contributed by atoms with Crippen molar-refractivity contribution in [2.75, 3.05) is 45.1 Å². The van der Waals surface area contributed by atoms with Crippen LogP contribution >= 0.6 is 0 Å². The SMILES string of the molecule is CNCCC1CCN(CC(=O)NCC(=O)Nc2c(C)cc(C)cc2C)CC1. The normalized spacial score (nSPS) is 15.6. The van der Waals surface area contributed by atoms with Crippen molar-refractivity contribution in [3.05, 3.63) is 28.8 Å². The van der Waals surface area contributed by atoms with Crippen LogP contribution in [0, 0.1) is 26.7 Å². The number of anilines is 1. The van der Waals surface area contributed by atoms with Crippen LogP contribution in [0.3, 0.4) is 0 Å². The maximum Gasteiger partial charge on any atom is 0.243 e. The number of hydrogen-bond acceptors (Lipinski definition) is 4. The predicted molar refractivity (Wildman–Crippen MR) is 110 cm³/mol. The van der Waals surface area contributed by atoms with Crippen molar-refractivity contribution < 1.29 is 9.59 Å². The van der Waals surface area contributed by atoms with Gasteiger partial charge in [-0.1, -0.05) is 17.7 Å². The van der Waals surface area contributed by atoms with Gasteiger partial charge in [0.1, 0.15) is 0 Å². The van der Waals surface area contributed by atoms with Crippen LogP contribution < -0.4 is 16.0 Å². The first-order chi connectivity index (χ1) is 12.9. The maximum atomic E-state index is 12.2. The third-order valence-electron chi connectivity index (χ3n) is 5.26. The molecule has 0 aromatic heterocycles. The molecule has 2 rings (SSSR count). The Bertz CT molecular complexity index is 629. The minimum atomic E-state index is -0.191. The molecular weight excluding hydrogens is 340 g/mol. The molecule has 3 N–H and O–H groups in total. The molecule has 0 spiro atoms. The molecule has 2 amide bonds. The van der Waals surface area contributed by atoms with Gasteiger partial charge in [0.25, 0.3) is 0 Å². The summed E-state index contributed by atoms with van der Waals surface area (Å²) < 4.78 is 0. The van der Waals surface area contributed by atoms with E-state index in [9.17, 15) is 9.59 Å². The standard InChI is InChI=1S/C21H34N4O2/c1-15-11-16(2)21(17(3)12-15)24-19(26)13-23-20(27)14-25-9-6-18(7-10-25)5-8-22-4/h11-12,18,22H,5-10,13-14H2,1-4H3,(H,23,27)(H,24,26). The van der Waals surface area contributed by atoms with Gasteiger partial charge in [-0.3, -0.25) is 14.5 Å². The Morgan fingerprint density at radius 1 is 1.07 bits per heavy atom. The third kappa shape index (κ3) is 6.96. The van der Waals surface area contributed by atoms with Crippen LogP contribution in [0.5, 0.6) is 0 Å². The number of amides is 2. The summed E-state index contributed by atoms with van der Waals surface area (Å²) in [5, 5.41) is 8.86. The Labute approximate surface area is 163 Å². The Morgan fingerprint density at radius 3 is 2.30 bits per heavy atom. The number of benzene rings is 1. The number of likely N-dealkylation sites (tertiary alicyclic amines) is 1.